The maximum atomic E-state index is 13.2. The quantitative estimate of drug-likeness (QED) is 0.843. The van der Waals surface area contributed by atoms with Crippen LogP contribution in [0.15, 0.2) is 36.5 Å². The first-order valence-electron chi connectivity index (χ1n) is 6.20. The first-order valence-corrected chi connectivity index (χ1v) is 6.20. The van der Waals surface area contributed by atoms with Gasteiger partial charge in [-0.3, -0.25) is 0 Å². The number of aliphatic carboxylic acids is 1. The lowest BCUT2D eigenvalue weighted by Crippen LogP contribution is -2.32. The molecule has 1 atom stereocenters. The SMILES string of the molecule is COc1nc(NC(Cc2ccccc2)C(=O)O)ncc1F. The molecule has 1 heterocycles. The number of nitrogens with zero attached hydrogens (tertiary/aromatic N) is 2. The number of anilines is 1. The molecule has 110 valence electrons. The molecule has 2 rings (SSSR count). The number of ether oxygens (including phenoxy) is 1. The molecule has 0 bridgehead atoms. The highest BCUT2D eigenvalue weighted by atomic mass is 19.1. The van der Waals surface area contributed by atoms with E-state index in [4.69, 9.17) is 4.74 Å². The van der Waals surface area contributed by atoms with E-state index in [9.17, 15) is 14.3 Å². The van der Waals surface area contributed by atoms with Gasteiger partial charge in [-0.05, 0) is 5.56 Å². The Morgan fingerprint density at radius 1 is 1.43 bits per heavy atom. The van der Waals surface area contributed by atoms with Gasteiger partial charge in [-0.1, -0.05) is 30.3 Å². The van der Waals surface area contributed by atoms with Crippen molar-refractivity contribution in [2.75, 3.05) is 12.4 Å². The van der Waals surface area contributed by atoms with Gasteiger partial charge < -0.3 is 15.2 Å². The second-order valence-corrected chi connectivity index (χ2v) is 4.28. The second kappa shape index (κ2) is 6.65. The third kappa shape index (κ3) is 3.88. The summed E-state index contributed by atoms with van der Waals surface area (Å²) in [4.78, 5) is 18.8. The average molecular weight is 291 g/mol. The molecular formula is C14H14FN3O3. The molecule has 0 amide bonds. The van der Waals surface area contributed by atoms with Crippen LogP contribution in [-0.4, -0.2) is 34.2 Å². The van der Waals surface area contributed by atoms with Crippen LogP contribution in [0.5, 0.6) is 5.88 Å². The van der Waals surface area contributed by atoms with Gasteiger partial charge in [0.05, 0.1) is 13.3 Å². The topological polar surface area (TPSA) is 84.3 Å². The van der Waals surface area contributed by atoms with Crippen LogP contribution in [-0.2, 0) is 11.2 Å². The Labute approximate surface area is 120 Å². The summed E-state index contributed by atoms with van der Waals surface area (Å²) in [6, 6.07) is 8.22. The molecule has 2 N–H and O–H groups in total. The minimum Gasteiger partial charge on any atom is -0.480 e. The van der Waals surface area contributed by atoms with E-state index in [0.29, 0.717) is 0 Å². The van der Waals surface area contributed by atoms with Crippen molar-refractivity contribution in [3.63, 3.8) is 0 Å². The number of carboxylic acids is 1. The van der Waals surface area contributed by atoms with Crippen LogP contribution in [0, 0.1) is 5.82 Å². The van der Waals surface area contributed by atoms with Crippen molar-refractivity contribution < 1.29 is 19.0 Å². The zero-order valence-electron chi connectivity index (χ0n) is 11.3. The number of hydrogen-bond donors (Lipinski definition) is 2. The molecule has 0 aliphatic carbocycles. The van der Waals surface area contributed by atoms with Crippen molar-refractivity contribution in [1.82, 2.24) is 9.97 Å². The minimum absolute atomic E-state index is 0.00317. The molecule has 2 aromatic rings. The van der Waals surface area contributed by atoms with E-state index in [0.717, 1.165) is 11.8 Å². The van der Waals surface area contributed by atoms with Gasteiger partial charge in [0.25, 0.3) is 5.88 Å². The van der Waals surface area contributed by atoms with Crippen LogP contribution in [0.2, 0.25) is 0 Å². The van der Waals surface area contributed by atoms with E-state index >= 15 is 0 Å². The lowest BCUT2D eigenvalue weighted by molar-refractivity contribution is -0.137. The fraction of sp³-hybridized carbons (Fsp3) is 0.214. The summed E-state index contributed by atoms with van der Waals surface area (Å²) in [5.41, 5.74) is 0.853. The Morgan fingerprint density at radius 2 is 2.14 bits per heavy atom. The van der Waals surface area contributed by atoms with E-state index < -0.39 is 17.8 Å². The fourth-order valence-electron chi connectivity index (χ4n) is 1.77. The number of carbonyl (C=O) groups is 1. The molecule has 0 saturated heterocycles. The molecule has 0 aliphatic heterocycles. The van der Waals surface area contributed by atoms with Gasteiger partial charge in [-0.25, -0.2) is 9.78 Å². The van der Waals surface area contributed by atoms with Gasteiger partial charge in [-0.15, -0.1) is 0 Å². The van der Waals surface area contributed by atoms with E-state index in [-0.39, 0.29) is 18.2 Å². The lowest BCUT2D eigenvalue weighted by atomic mass is 10.1. The number of carboxylic acid groups (broad SMARTS) is 1. The minimum atomic E-state index is -1.05. The van der Waals surface area contributed by atoms with E-state index in [1.165, 1.54) is 7.11 Å². The standard InChI is InChI=1S/C14H14FN3O3/c1-21-12-10(15)8-16-14(18-12)17-11(13(19)20)7-9-5-3-2-4-6-9/h2-6,8,11H,7H2,1H3,(H,19,20)(H,16,17,18). The van der Waals surface area contributed by atoms with Crippen molar-refractivity contribution in [2.45, 2.75) is 12.5 Å². The van der Waals surface area contributed by atoms with Crippen molar-refractivity contribution >= 4 is 11.9 Å². The van der Waals surface area contributed by atoms with Crippen LogP contribution in [0.3, 0.4) is 0 Å². The van der Waals surface area contributed by atoms with Gasteiger partial charge >= 0.3 is 5.97 Å². The van der Waals surface area contributed by atoms with Crippen LogP contribution in [0.25, 0.3) is 0 Å². The number of nitrogens with one attached hydrogen (secondary N) is 1. The second-order valence-electron chi connectivity index (χ2n) is 4.28. The van der Waals surface area contributed by atoms with Crippen molar-refractivity contribution in [3.8, 4) is 5.88 Å². The monoisotopic (exact) mass is 291 g/mol. The number of hydrogen-bond acceptors (Lipinski definition) is 5. The summed E-state index contributed by atoms with van der Waals surface area (Å²) in [5.74, 6) is -2.00. The van der Waals surface area contributed by atoms with Crippen LogP contribution in [0.4, 0.5) is 10.3 Å². The molecule has 6 nitrogen and oxygen atoms in total. The largest absolute Gasteiger partial charge is 0.480 e. The van der Waals surface area contributed by atoms with Gasteiger partial charge in [0.2, 0.25) is 11.8 Å². The number of halogens is 1. The first kappa shape index (κ1) is 14.7. The van der Waals surface area contributed by atoms with Gasteiger partial charge in [0, 0.05) is 6.42 Å². The molecule has 0 aliphatic rings. The molecule has 1 aromatic heterocycles. The average Bonchev–Trinajstić information content (AvgIpc) is 2.49. The fourth-order valence-corrected chi connectivity index (χ4v) is 1.77. The first-order chi connectivity index (χ1) is 10.1. The zero-order valence-corrected chi connectivity index (χ0v) is 11.3. The molecule has 0 saturated carbocycles. The molecule has 1 aromatic carbocycles. The number of rotatable bonds is 6. The predicted octanol–water partition coefficient (Wildman–Crippen LogP) is 1.73. The Kier molecular flexibility index (Phi) is 4.65. The van der Waals surface area contributed by atoms with Gasteiger partial charge in [-0.2, -0.15) is 9.37 Å². The van der Waals surface area contributed by atoms with Gasteiger partial charge in [0.15, 0.2) is 0 Å². The maximum Gasteiger partial charge on any atom is 0.326 e. The smallest absolute Gasteiger partial charge is 0.326 e. The summed E-state index contributed by atoms with van der Waals surface area (Å²) in [6.45, 7) is 0. The third-order valence-corrected chi connectivity index (χ3v) is 2.79. The van der Waals surface area contributed by atoms with E-state index in [2.05, 4.69) is 15.3 Å². The summed E-state index contributed by atoms with van der Waals surface area (Å²) < 4.78 is 18.0. The molecular weight excluding hydrogens is 277 g/mol. The van der Waals surface area contributed by atoms with E-state index in [1.54, 1.807) is 0 Å². The molecule has 0 spiro atoms. The highest BCUT2D eigenvalue weighted by Gasteiger charge is 2.19. The highest BCUT2D eigenvalue weighted by Crippen LogP contribution is 2.15. The number of methoxy groups -OCH3 is 1. The highest BCUT2D eigenvalue weighted by molar-refractivity contribution is 5.77. The predicted molar refractivity (Wildman–Crippen MR) is 73.7 cm³/mol. The van der Waals surface area contributed by atoms with E-state index in [1.807, 2.05) is 30.3 Å². The lowest BCUT2D eigenvalue weighted by Gasteiger charge is -2.14. The van der Waals surface area contributed by atoms with Crippen LogP contribution < -0.4 is 10.1 Å². The normalized spacial score (nSPS) is 11.7. The third-order valence-electron chi connectivity index (χ3n) is 2.79. The molecule has 7 heteroatoms. The van der Waals surface area contributed by atoms with Gasteiger partial charge in [0.1, 0.15) is 6.04 Å². The summed E-state index contributed by atoms with van der Waals surface area (Å²) in [7, 11) is 1.27. The Morgan fingerprint density at radius 3 is 2.76 bits per heavy atom. The molecule has 1 unspecified atom stereocenters. The van der Waals surface area contributed by atoms with Crippen molar-refractivity contribution in [3.05, 3.63) is 47.9 Å². The number of aromatic nitrogens is 2. The molecule has 0 radical (unpaired) electrons. The van der Waals surface area contributed by atoms with Crippen LogP contribution in [0.1, 0.15) is 5.56 Å². The van der Waals surface area contributed by atoms with Crippen molar-refractivity contribution in [2.24, 2.45) is 0 Å². The Balaban J connectivity index is 2.15. The number of benzene rings is 1. The van der Waals surface area contributed by atoms with Crippen molar-refractivity contribution in [1.29, 1.82) is 0 Å². The Bertz CT molecular complexity index is 622. The summed E-state index contributed by atoms with van der Waals surface area (Å²) >= 11 is 0. The van der Waals surface area contributed by atoms with Crippen LogP contribution >= 0.6 is 0 Å². The maximum absolute atomic E-state index is 13.2. The summed E-state index contributed by atoms with van der Waals surface area (Å²) in [6.07, 6.45) is 1.18. The Hall–Kier alpha value is -2.70. The molecule has 0 fully saturated rings. The zero-order chi connectivity index (χ0) is 15.2. The summed E-state index contributed by atoms with van der Waals surface area (Å²) in [5, 5.41) is 11.9. The molecule has 21 heavy (non-hydrogen) atoms.